The summed E-state index contributed by atoms with van der Waals surface area (Å²) in [5.74, 6) is 0.955. The molecular formula is C17H24N2O. The Kier molecular flexibility index (Phi) is 4.36. The second-order valence-electron chi connectivity index (χ2n) is 6.08. The van der Waals surface area contributed by atoms with Crippen LogP contribution in [-0.4, -0.2) is 25.5 Å². The van der Waals surface area contributed by atoms with Crippen molar-refractivity contribution in [2.45, 2.75) is 38.0 Å². The smallest absolute Gasteiger partial charge is 0.227 e. The van der Waals surface area contributed by atoms with Gasteiger partial charge in [0.2, 0.25) is 5.91 Å². The lowest BCUT2D eigenvalue weighted by atomic mass is 9.82. The summed E-state index contributed by atoms with van der Waals surface area (Å²) in [6, 6.07) is 8.43. The Balaban J connectivity index is 1.60. The number of aryl methyl sites for hydroxylation is 1. The van der Waals surface area contributed by atoms with E-state index in [4.69, 9.17) is 0 Å². The van der Waals surface area contributed by atoms with Gasteiger partial charge in [-0.25, -0.2) is 0 Å². The summed E-state index contributed by atoms with van der Waals surface area (Å²) < 4.78 is 0. The van der Waals surface area contributed by atoms with Crippen molar-refractivity contribution in [1.29, 1.82) is 0 Å². The van der Waals surface area contributed by atoms with Crippen molar-refractivity contribution in [3.8, 4) is 0 Å². The number of amides is 1. The zero-order valence-corrected chi connectivity index (χ0v) is 12.0. The molecule has 2 aliphatic rings. The molecule has 108 valence electrons. The largest absolute Gasteiger partial charge is 0.355 e. The fraction of sp³-hybridized carbons (Fsp3) is 0.588. The van der Waals surface area contributed by atoms with Crippen LogP contribution in [0.2, 0.25) is 0 Å². The third-order valence-electron chi connectivity index (χ3n) is 4.71. The van der Waals surface area contributed by atoms with Crippen LogP contribution in [0, 0.1) is 5.92 Å². The van der Waals surface area contributed by atoms with E-state index in [1.165, 1.54) is 24.0 Å². The molecule has 0 radical (unpaired) electrons. The highest BCUT2D eigenvalue weighted by Gasteiger charge is 2.26. The fourth-order valence-corrected chi connectivity index (χ4v) is 3.48. The molecule has 1 heterocycles. The van der Waals surface area contributed by atoms with Crippen LogP contribution in [0.4, 0.5) is 0 Å². The van der Waals surface area contributed by atoms with Crippen LogP contribution in [0.3, 0.4) is 0 Å². The van der Waals surface area contributed by atoms with Gasteiger partial charge >= 0.3 is 0 Å². The zero-order chi connectivity index (χ0) is 13.8. The standard InChI is InChI=1S/C17H24N2O/c20-17(19-12-13-8-10-18-11-9-13)16-7-3-5-14-4-1-2-6-15(14)16/h1-2,4,6,13,16,18H,3,5,7-12H2,(H,19,20). The lowest BCUT2D eigenvalue weighted by molar-refractivity contribution is -0.123. The molecule has 0 bridgehead atoms. The number of nitrogens with one attached hydrogen (secondary N) is 2. The van der Waals surface area contributed by atoms with Crippen LogP contribution < -0.4 is 10.6 Å². The van der Waals surface area contributed by atoms with E-state index in [-0.39, 0.29) is 11.8 Å². The Morgan fingerprint density at radius 1 is 1.20 bits per heavy atom. The van der Waals surface area contributed by atoms with Crippen LogP contribution >= 0.6 is 0 Å². The first-order valence-electron chi connectivity index (χ1n) is 7.91. The summed E-state index contributed by atoms with van der Waals surface area (Å²) in [6.07, 6.45) is 5.61. The minimum atomic E-state index is 0.0710. The molecule has 1 amide bonds. The molecule has 3 heteroatoms. The van der Waals surface area contributed by atoms with Crippen molar-refractivity contribution in [2.75, 3.05) is 19.6 Å². The van der Waals surface area contributed by atoms with Crippen LogP contribution in [-0.2, 0) is 11.2 Å². The van der Waals surface area contributed by atoms with Gasteiger partial charge in [0.15, 0.2) is 0 Å². The van der Waals surface area contributed by atoms with Gasteiger partial charge in [0.25, 0.3) is 0 Å². The fourth-order valence-electron chi connectivity index (χ4n) is 3.48. The quantitative estimate of drug-likeness (QED) is 0.886. The summed E-state index contributed by atoms with van der Waals surface area (Å²) in [5.41, 5.74) is 2.61. The molecule has 1 atom stereocenters. The van der Waals surface area contributed by atoms with Crippen molar-refractivity contribution in [2.24, 2.45) is 5.92 Å². The predicted molar refractivity (Wildman–Crippen MR) is 80.7 cm³/mol. The number of fused-ring (bicyclic) bond motifs is 1. The lowest BCUT2D eigenvalue weighted by Crippen LogP contribution is -2.38. The summed E-state index contributed by atoms with van der Waals surface area (Å²) in [7, 11) is 0. The molecule has 2 N–H and O–H groups in total. The number of hydrogen-bond acceptors (Lipinski definition) is 2. The van der Waals surface area contributed by atoms with Gasteiger partial charge < -0.3 is 10.6 Å². The number of carbonyl (C=O) groups is 1. The normalized spacial score (nSPS) is 23.1. The molecule has 1 aliphatic heterocycles. The number of rotatable bonds is 3. The minimum absolute atomic E-state index is 0.0710. The molecule has 1 saturated heterocycles. The van der Waals surface area contributed by atoms with Crippen molar-refractivity contribution in [1.82, 2.24) is 10.6 Å². The predicted octanol–water partition coefficient (Wildman–Crippen LogP) is 2.22. The van der Waals surface area contributed by atoms with Gasteiger partial charge in [0, 0.05) is 6.54 Å². The maximum atomic E-state index is 12.5. The number of carbonyl (C=O) groups excluding carboxylic acids is 1. The van der Waals surface area contributed by atoms with E-state index in [0.717, 1.165) is 38.9 Å². The van der Waals surface area contributed by atoms with E-state index in [2.05, 4.69) is 34.9 Å². The van der Waals surface area contributed by atoms with Gasteiger partial charge in [0.05, 0.1) is 5.92 Å². The second kappa shape index (κ2) is 6.40. The maximum Gasteiger partial charge on any atom is 0.227 e. The average molecular weight is 272 g/mol. The molecule has 3 rings (SSSR count). The van der Waals surface area contributed by atoms with Crippen molar-refractivity contribution >= 4 is 5.91 Å². The summed E-state index contributed by atoms with van der Waals surface area (Å²) in [4.78, 5) is 12.5. The third kappa shape index (κ3) is 3.04. The summed E-state index contributed by atoms with van der Waals surface area (Å²) >= 11 is 0. The monoisotopic (exact) mass is 272 g/mol. The van der Waals surface area contributed by atoms with Crippen LogP contribution in [0.1, 0.15) is 42.7 Å². The van der Waals surface area contributed by atoms with Gasteiger partial charge in [-0.1, -0.05) is 24.3 Å². The lowest BCUT2D eigenvalue weighted by Gasteiger charge is -2.27. The minimum Gasteiger partial charge on any atom is -0.355 e. The topological polar surface area (TPSA) is 41.1 Å². The van der Waals surface area contributed by atoms with Crippen LogP contribution in [0.5, 0.6) is 0 Å². The van der Waals surface area contributed by atoms with Gasteiger partial charge in [-0.15, -0.1) is 0 Å². The average Bonchev–Trinajstić information content (AvgIpc) is 2.53. The summed E-state index contributed by atoms with van der Waals surface area (Å²) in [6.45, 7) is 3.03. The van der Waals surface area contributed by atoms with E-state index in [1.54, 1.807) is 0 Å². The van der Waals surface area contributed by atoms with E-state index < -0.39 is 0 Å². The number of hydrogen-bond donors (Lipinski definition) is 2. The van der Waals surface area contributed by atoms with E-state index in [1.807, 2.05) is 0 Å². The molecule has 1 aliphatic carbocycles. The zero-order valence-electron chi connectivity index (χ0n) is 12.0. The Morgan fingerprint density at radius 2 is 2.00 bits per heavy atom. The van der Waals surface area contributed by atoms with E-state index in [9.17, 15) is 4.79 Å². The van der Waals surface area contributed by atoms with Gasteiger partial charge in [-0.2, -0.15) is 0 Å². The molecule has 0 saturated carbocycles. The molecule has 1 aromatic rings. The molecule has 0 aromatic heterocycles. The van der Waals surface area contributed by atoms with E-state index >= 15 is 0 Å². The Morgan fingerprint density at radius 3 is 2.85 bits per heavy atom. The molecule has 0 spiro atoms. The molecule has 20 heavy (non-hydrogen) atoms. The Bertz CT molecular complexity index is 466. The highest BCUT2D eigenvalue weighted by Crippen LogP contribution is 2.31. The Hall–Kier alpha value is -1.35. The van der Waals surface area contributed by atoms with Gasteiger partial charge in [0.1, 0.15) is 0 Å². The van der Waals surface area contributed by atoms with Gasteiger partial charge in [-0.05, 0) is 62.2 Å². The van der Waals surface area contributed by atoms with Crippen molar-refractivity contribution < 1.29 is 4.79 Å². The molecule has 1 fully saturated rings. The van der Waals surface area contributed by atoms with E-state index in [0.29, 0.717) is 5.92 Å². The van der Waals surface area contributed by atoms with Crippen LogP contribution in [0.15, 0.2) is 24.3 Å². The highest BCUT2D eigenvalue weighted by molar-refractivity contribution is 5.84. The Labute approximate surface area is 121 Å². The molecular weight excluding hydrogens is 248 g/mol. The second-order valence-corrected chi connectivity index (χ2v) is 6.08. The molecule has 1 aromatic carbocycles. The first kappa shape index (κ1) is 13.6. The highest BCUT2D eigenvalue weighted by atomic mass is 16.1. The molecule has 3 nitrogen and oxygen atoms in total. The first-order chi connectivity index (χ1) is 9.84. The summed E-state index contributed by atoms with van der Waals surface area (Å²) in [5, 5.41) is 6.56. The maximum absolute atomic E-state index is 12.5. The molecule has 1 unspecified atom stereocenters. The first-order valence-corrected chi connectivity index (χ1v) is 7.91. The number of piperidine rings is 1. The number of benzene rings is 1. The third-order valence-corrected chi connectivity index (χ3v) is 4.71. The van der Waals surface area contributed by atoms with Crippen molar-refractivity contribution in [3.05, 3.63) is 35.4 Å². The van der Waals surface area contributed by atoms with Crippen LogP contribution in [0.25, 0.3) is 0 Å². The SMILES string of the molecule is O=C(NCC1CCNCC1)C1CCCc2ccccc21. The van der Waals surface area contributed by atoms with Crippen molar-refractivity contribution in [3.63, 3.8) is 0 Å². The van der Waals surface area contributed by atoms with Gasteiger partial charge in [-0.3, -0.25) is 4.79 Å².